The molecule has 156 valence electrons. The van der Waals surface area contributed by atoms with Crippen molar-refractivity contribution in [3.63, 3.8) is 0 Å². The summed E-state index contributed by atoms with van der Waals surface area (Å²) in [6.45, 7) is 2.33. The summed E-state index contributed by atoms with van der Waals surface area (Å²) in [6, 6.07) is 12.8. The molecular weight excluding hydrogens is 415 g/mol. The summed E-state index contributed by atoms with van der Waals surface area (Å²) < 4.78 is 37.0. The molecule has 2 aromatic rings. The second-order valence-corrected chi connectivity index (χ2v) is 9.74. The van der Waals surface area contributed by atoms with Crippen molar-refractivity contribution in [2.75, 3.05) is 25.9 Å². The summed E-state index contributed by atoms with van der Waals surface area (Å²) in [6.07, 6.45) is 1.36. The number of fused-ring (bicyclic) bond motifs is 1. The number of amides is 1. The van der Waals surface area contributed by atoms with Crippen molar-refractivity contribution in [2.24, 2.45) is 11.8 Å². The molecule has 2 aliphatic rings. The van der Waals surface area contributed by atoms with Crippen LogP contribution in [0.5, 0.6) is 0 Å². The molecule has 0 aliphatic carbocycles. The monoisotopic (exact) mass is 438 g/mol. The van der Waals surface area contributed by atoms with Gasteiger partial charge in [-0.3, -0.25) is 4.79 Å². The molecule has 2 aromatic carbocycles. The van der Waals surface area contributed by atoms with Crippen molar-refractivity contribution in [3.05, 3.63) is 65.5 Å². The first-order valence-electron chi connectivity index (χ1n) is 9.37. The van der Waals surface area contributed by atoms with E-state index in [4.69, 9.17) is 0 Å². The van der Waals surface area contributed by atoms with Crippen LogP contribution in [0.2, 0.25) is 0 Å². The Labute approximate surface area is 176 Å². The second-order valence-electron chi connectivity index (χ2n) is 7.72. The number of carbonyl (C=O) groups is 1. The Bertz CT molecular complexity index is 997. The predicted molar refractivity (Wildman–Crippen MR) is 111 cm³/mol. The molecule has 0 radical (unpaired) electrons. The molecule has 2 fully saturated rings. The van der Waals surface area contributed by atoms with Crippen molar-refractivity contribution in [2.45, 2.75) is 17.4 Å². The van der Waals surface area contributed by atoms with Crippen LogP contribution in [0, 0.1) is 17.7 Å². The smallest absolute Gasteiger partial charge is 0.227 e. The number of rotatable bonds is 4. The van der Waals surface area contributed by atoms with Gasteiger partial charge in [0.1, 0.15) is 5.82 Å². The lowest BCUT2D eigenvalue weighted by Crippen LogP contribution is -2.35. The van der Waals surface area contributed by atoms with Gasteiger partial charge >= 0.3 is 0 Å². The third-order valence-electron chi connectivity index (χ3n) is 5.78. The largest absolute Gasteiger partial charge is 0.335 e. The Balaban J connectivity index is 0.00000240. The predicted octanol–water partition coefficient (Wildman–Crippen LogP) is 2.61. The Morgan fingerprint density at radius 3 is 2.55 bits per heavy atom. The van der Waals surface area contributed by atoms with E-state index >= 15 is 0 Å². The van der Waals surface area contributed by atoms with E-state index in [1.54, 1.807) is 18.2 Å². The number of halogens is 2. The highest BCUT2D eigenvalue weighted by atomic mass is 35.5. The van der Waals surface area contributed by atoms with Gasteiger partial charge in [-0.25, -0.2) is 12.8 Å². The molecule has 3 atom stereocenters. The molecule has 4 rings (SSSR count). The minimum Gasteiger partial charge on any atom is -0.335 e. The van der Waals surface area contributed by atoms with Crippen LogP contribution in [0.3, 0.4) is 0 Å². The first kappa shape index (κ1) is 21.7. The van der Waals surface area contributed by atoms with E-state index in [9.17, 15) is 17.6 Å². The second kappa shape index (κ2) is 8.42. The van der Waals surface area contributed by atoms with Crippen LogP contribution in [0.25, 0.3) is 0 Å². The Morgan fingerprint density at radius 2 is 1.90 bits per heavy atom. The lowest BCUT2D eigenvalue weighted by Gasteiger charge is -2.28. The fraction of sp³-hybridized carbons (Fsp3) is 0.381. The van der Waals surface area contributed by atoms with E-state index in [0.717, 1.165) is 30.5 Å². The molecule has 0 bridgehead atoms. The molecule has 1 amide bonds. The number of hydrogen-bond donors (Lipinski definition) is 1. The topological polar surface area (TPSA) is 66.5 Å². The molecule has 0 aromatic heterocycles. The Hall–Kier alpha value is -1.96. The molecule has 5 nitrogen and oxygen atoms in total. The average Bonchev–Trinajstić information content (AvgIpc) is 3.22. The molecule has 2 aliphatic heterocycles. The molecule has 0 unspecified atom stereocenters. The number of nitrogens with zero attached hydrogens (tertiary/aromatic N) is 1. The van der Waals surface area contributed by atoms with Crippen LogP contribution < -0.4 is 5.32 Å². The lowest BCUT2D eigenvalue weighted by molar-refractivity contribution is -0.131. The Morgan fingerprint density at radius 1 is 1.17 bits per heavy atom. The van der Waals surface area contributed by atoms with Gasteiger partial charge in [0.15, 0.2) is 9.84 Å². The normalized spacial score (nSPS) is 23.5. The quantitative estimate of drug-likeness (QED) is 0.796. The number of nitrogens with one attached hydrogen (secondary N) is 1. The van der Waals surface area contributed by atoms with E-state index < -0.39 is 9.84 Å². The number of likely N-dealkylation sites (tertiary alicyclic amines) is 1. The van der Waals surface area contributed by atoms with Crippen LogP contribution in [0.4, 0.5) is 4.39 Å². The zero-order chi connectivity index (χ0) is 19.9. The minimum absolute atomic E-state index is 0. The third-order valence-corrected chi connectivity index (χ3v) is 6.91. The van der Waals surface area contributed by atoms with E-state index in [-0.39, 0.29) is 47.4 Å². The highest BCUT2D eigenvalue weighted by Crippen LogP contribution is 2.43. The molecule has 0 saturated carbocycles. The van der Waals surface area contributed by atoms with Crippen molar-refractivity contribution >= 4 is 28.2 Å². The summed E-state index contributed by atoms with van der Waals surface area (Å²) in [5.41, 5.74) is 1.60. The van der Waals surface area contributed by atoms with Crippen molar-refractivity contribution < 1.29 is 17.6 Å². The highest BCUT2D eigenvalue weighted by Gasteiger charge is 2.46. The van der Waals surface area contributed by atoms with E-state index in [2.05, 4.69) is 5.32 Å². The van der Waals surface area contributed by atoms with Gasteiger partial charge in [-0.2, -0.15) is 0 Å². The first-order chi connectivity index (χ1) is 13.3. The van der Waals surface area contributed by atoms with Crippen molar-refractivity contribution in [1.29, 1.82) is 0 Å². The number of sulfone groups is 1. The maximum atomic E-state index is 13.8. The van der Waals surface area contributed by atoms with Gasteiger partial charge in [0.05, 0.1) is 17.4 Å². The zero-order valence-electron chi connectivity index (χ0n) is 16.0. The summed E-state index contributed by atoms with van der Waals surface area (Å²) in [4.78, 5) is 15.2. The molecule has 1 N–H and O–H groups in total. The third kappa shape index (κ3) is 4.47. The SMILES string of the molecule is CS(=O)(=O)c1ccc(CC(=O)N2C[C@@H]3CNC[C@@H]3[C@H]2c2cccc(F)c2)cc1.Cl. The fourth-order valence-electron chi connectivity index (χ4n) is 4.43. The highest BCUT2D eigenvalue weighted by molar-refractivity contribution is 7.90. The van der Waals surface area contributed by atoms with Crippen molar-refractivity contribution in [1.82, 2.24) is 10.2 Å². The van der Waals surface area contributed by atoms with Crippen LogP contribution in [0.15, 0.2) is 53.4 Å². The molecular formula is C21H24ClFN2O3S. The number of carbonyl (C=O) groups excluding carboxylic acids is 1. The first-order valence-corrected chi connectivity index (χ1v) is 11.3. The summed E-state index contributed by atoms with van der Waals surface area (Å²) in [7, 11) is -3.26. The van der Waals surface area contributed by atoms with Gasteiger partial charge in [-0.05, 0) is 41.3 Å². The number of hydrogen-bond acceptors (Lipinski definition) is 4. The van der Waals surface area contributed by atoms with E-state index in [1.807, 2.05) is 11.0 Å². The van der Waals surface area contributed by atoms with Crippen LogP contribution in [-0.2, 0) is 21.1 Å². The maximum Gasteiger partial charge on any atom is 0.227 e. The van der Waals surface area contributed by atoms with Crippen molar-refractivity contribution in [3.8, 4) is 0 Å². The standard InChI is InChI=1S/C21H23FN2O3S.ClH/c1-28(26,27)18-7-5-14(6-8-18)9-20(25)24-13-16-11-23-12-19(16)21(24)15-3-2-4-17(22)10-15;/h2-8,10,16,19,21,23H,9,11-13H2,1H3;1H/t16-,19-,21+;/m0./s1. The van der Waals surface area contributed by atoms with Gasteiger partial charge in [-0.15, -0.1) is 12.4 Å². The van der Waals surface area contributed by atoms with Crippen LogP contribution in [0.1, 0.15) is 17.2 Å². The summed E-state index contributed by atoms with van der Waals surface area (Å²) in [5, 5.41) is 3.38. The van der Waals surface area contributed by atoms with E-state index in [1.165, 1.54) is 24.3 Å². The zero-order valence-corrected chi connectivity index (χ0v) is 17.7. The van der Waals surface area contributed by atoms with Gasteiger partial charge in [-0.1, -0.05) is 24.3 Å². The average molecular weight is 439 g/mol. The van der Waals surface area contributed by atoms with Gasteiger partial charge in [0.2, 0.25) is 5.91 Å². The summed E-state index contributed by atoms with van der Waals surface area (Å²) in [5.74, 6) is 0.328. The lowest BCUT2D eigenvalue weighted by atomic mass is 9.89. The minimum atomic E-state index is -3.26. The fourth-order valence-corrected chi connectivity index (χ4v) is 5.06. The molecule has 0 spiro atoms. The molecule has 2 heterocycles. The van der Waals surface area contributed by atoms with Gasteiger partial charge in [0, 0.05) is 31.8 Å². The molecule has 29 heavy (non-hydrogen) atoms. The van der Waals surface area contributed by atoms with E-state index in [0.29, 0.717) is 12.5 Å². The Kier molecular flexibility index (Phi) is 6.31. The molecule has 8 heteroatoms. The maximum absolute atomic E-state index is 13.8. The van der Waals surface area contributed by atoms with Gasteiger partial charge in [0.25, 0.3) is 0 Å². The van der Waals surface area contributed by atoms with Crippen LogP contribution >= 0.6 is 12.4 Å². The molecule has 2 saturated heterocycles. The number of benzene rings is 2. The van der Waals surface area contributed by atoms with Crippen LogP contribution in [-0.4, -0.2) is 45.1 Å². The van der Waals surface area contributed by atoms with Gasteiger partial charge < -0.3 is 10.2 Å². The summed E-state index contributed by atoms with van der Waals surface area (Å²) >= 11 is 0.